The fourth-order valence-electron chi connectivity index (χ4n) is 5.46. The van der Waals surface area contributed by atoms with Crippen molar-refractivity contribution in [3.8, 4) is 22.5 Å². The van der Waals surface area contributed by atoms with Crippen molar-refractivity contribution in [1.29, 1.82) is 0 Å². The van der Waals surface area contributed by atoms with Gasteiger partial charge in [0.05, 0.1) is 28.5 Å². The van der Waals surface area contributed by atoms with E-state index in [-0.39, 0.29) is 11.8 Å². The minimum Gasteiger partial charge on any atom is -0.477 e. The number of ether oxygens (including phenoxy) is 1. The van der Waals surface area contributed by atoms with E-state index in [0.29, 0.717) is 39.5 Å². The summed E-state index contributed by atoms with van der Waals surface area (Å²) in [6, 6.07) is 13.3. The summed E-state index contributed by atoms with van der Waals surface area (Å²) in [5.74, 6) is 0.288. The molecule has 0 amide bonds. The maximum absolute atomic E-state index is 11.4. The van der Waals surface area contributed by atoms with Gasteiger partial charge in [0.15, 0.2) is 0 Å². The van der Waals surface area contributed by atoms with Crippen LogP contribution in [0.4, 0.5) is 5.69 Å². The lowest BCUT2D eigenvalue weighted by Crippen LogP contribution is -2.37. The molecule has 2 aromatic carbocycles. The van der Waals surface area contributed by atoms with Crippen molar-refractivity contribution in [2.24, 2.45) is 7.05 Å². The lowest BCUT2D eigenvalue weighted by atomic mass is 10.0. The Labute approximate surface area is 242 Å². The van der Waals surface area contributed by atoms with E-state index in [1.165, 1.54) is 4.68 Å². The summed E-state index contributed by atoms with van der Waals surface area (Å²) in [5.41, 5.74) is 6.27. The highest BCUT2D eigenvalue weighted by atomic mass is 35.5. The van der Waals surface area contributed by atoms with Crippen LogP contribution in [0.3, 0.4) is 0 Å². The van der Waals surface area contributed by atoms with Crippen LogP contribution in [0.5, 0.6) is 0 Å². The van der Waals surface area contributed by atoms with Gasteiger partial charge >= 0.3 is 5.97 Å². The number of halogens is 2. The van der Waals surface area contributed by atoms with Gasteiger partial charge in [0.1, 0.15) is 17.1 Å². The number of carboxylic acid groups (broad SMARTS) is 1. The van der Waals surface area contributed by atoms with Gasteiger partial charge in [0.25, 0.3) is 0 Å². The number of aromatic nitrogens is 3. The van der Waals surface area contributed by atoms with Crippen molar-refractivity contribution >= 4 is 34.9 Å². The number of hydrogen-bond donors (Lipinski definition) is 1. The highest BCUT2D eigenvalue weighted by molar-refractivity contribution is 6.39. The van der Waals surface area contributed by atoms with Crippen molar-refractivity contribution in [2.75, 3.05) is 18.0 Å². The highest BCUT2D eigenvalue weighted by Gasteiger charge is 2.34. The number of nitrogens with zero attached hydrogens (tertiary/aromatic N) is 4. The maximum atomic E-state index is 11.4. The van der Waals surface area contributed by atoms with Crippen LogP contribution in [0, 0.1) is 6.92 Å². The van der Waals surface area contributed by atoms with Gasteiger partial charge in [0, 0.05) is 48.4 Å². The third kappa shape index (κ3) is 5.23. The Balaban J connectivity index is 1.12. The van der Waals surface area contributed by atoms with Crippen molar-refractivity contribution < 1.29 is 19.2 Å². The van der Waals surface area contributed by atoms with Crippen LogP contribution >= 0.6 is 23.2 Å². The van der Waals surface area contributed by atoms with Crippen LogP contribution in [0.1, 0.15) is 59.0 Å². The molecule has 1 aliphatic carbocycles. The molecule has 2 aromatic heterocycles. The third-order valence-corrected chi connectivity index (χ3v) is 8.45. The number of carbonyl (C=O) groups is 1. The van der Waals surface area contributed by atoms with Crippen LogP contribution in [0.2, 0.25) is 10.0 Å². The van der Waals surface area contributed by atoms with Crippen molar-refractivity contribution in [3.05, 3.63) is 75.1 Å². The standard InChI is InChI=1S/C30H30Cl2N4O4/c1-17-14-19(8-9-21(17)25-15-26(30(37)38)35(2)33-25)36-12-10-20(11-13-36)39-16-22-28(34-40-29(22)18-6-7-18)27-23(31)4-3-5-24(27)32/h3-5,8-9,14-15,18,20H,6-7,10-13,16H2,1-2H3,(H,37,38). The number of piperidine rings is 1. The summed E-state index contributed by atoms with van der Waals surface area (Å²) >= 11 is 13.0. The lowest BCUT2D eigenvalue weighted by Gasteiger charge is -2.34. The molecule has 1 aliphatic heterocycles. The van der Waals surface area contributed by atoms with E-state index in [0.717, 1.165) is 66.9 Å². The summed E-state index contributed by atoms with van der Waals surface area (Å²) in [5, 5.41) is 19.2. The maximum Gasteiger partial charge on any atom is 0.354 e. The zero-order chi connectivity index (χ0) is 28.0. The molecule has 3 heterocycles. The van der Waals surface area contributed by atoms with Gasteiger partial charge in [-0.3, -0.25) is 4.68 Å². The molecule has 10 heteroatoms. The topological polar surface area (TPSA) is 93.6 Å². The van der Waals surface area contributed by atoms with E-state index in [9.17, 15) is 9.90 Å². The molecule has 1 saturated carbocycles. The fourth-order valence-corrected chi connectivity index (χ4v) is 6.04. The monoisotopic (exact) mass is 580 g/mol. The molecule has 6 rings (SSSR count). The number of hydrogen-bond acceptors (Lipinski definition) is 6. The molecule has 40 heavy (non-hydrogen) atoms. The first-order chi connectivity index (χ1) is 19.3. The van der Waals surface area contributed by atoms with E-state index >= 15 is 0 Å². The van der Waals surface area contributed by atoms with E-state index in [1.807, 2.05) is 31.2 Å². The number of rotatable bonds is 8. The van der Waals surface area contributed by atoms with Crippen LogP contribution in [0.25, 0.3) is 22.5 Å². The summed E-state index contributed by atoms with van der Waals surface area (Å²) in [6.45, 7) is 4.19. The van der Waals surface area contributed by atoms with Crippen LogP contribution in [-0.2, 0) is 18.4 Å². The summed E-state index contributed by atoms with van der Waals surface area (Å²) in [6.07, 6.45) is 4.10. The highest BCUT2D eigenvalue weighted by Crippen LogP contribution is 2.46. The van der Waals surface area contributed by atoms with E-state index in [2.05, 4.69) is 27.3 Å². The van der Waals surface area contributed by atoms with E-state index < -0.39 is 5.97 Å². The first kappa shape index (κ1) is 26.9. The van der Waals surface area contributed by atoms with E-state index in [1.54, 1.807) is 13.1 Å². The van der Waals surface area contributed by atoms with Gasteiger partial charge in [-0.05, 0) is 68.5 Å². The normalized spacial score (nSPS) is 16.1. The van der Waals surface area contributed by atoms with Gasteiger partial charge in [-0.25, -0.2) is 4.79 Å². The lowest BCUT2D eigenvalue weighted by molar-refractivity contribution is 0.0246. The average molecular weight is 582 g/mol. The Morgan fingerprint density at radius 2 is 1.82 bits per heavy atom. The number of benzene rings is 2. The van der Waals surface area contributed by atoms with Crippen molar-refractivity contribution in [2.45, 2.75) is 51.2 Å². The molecule has 4 aromatic rings. The SMILES string of the molecule is Cc1cc(N2CCC(OCc3c(-c4c(Cl)cccc4Cl)noc3C3CC3)CC2)ccc1-c1cc(C(=O)O)n(C)n1. The van der Waals surface area contributed by atoms with Gasteiger partial charge in [-0.15, -0.1) is 0 Å². The second-order valence-corrected chi connectivity index (χ2v) is 11.4. The Hall–Kier alpha value is -3.33. The van der Waals surface area contributed by atoms with Gasteiger partial charge in [0.2, 0.25) is 0 Å². The first-order valence-electron chi connectivity index (χ1n) is 13.5. The minimum atomic E-state index is -0.989. The zero-order valence-corrected chi connectivity index (χ0v) is 23.9. The average Bonchev–Trinajstić information content (AvgIpc) is 3.58. The molecule has 2 aliphatic rings. The molecule has 0 spiro atoms. The van der Waals surface area contributed by atoms with Crippen molar-refractivity contribution in [1.82, 2.24) is 14.9 Å². The summed E-state index contributed by atoms with van der Waals surface area (Å²) < 4.78 is 13.6. The Kier molecular flexibility index (Phi) is 7.33. The first-order valence-corrected chi connectivity index (χ1v) is 14.2. The molecule has 0 unspecified atom stereocenters. The molecule has 1 saturated heterocycles. The molecule has 8 nitrogen and oxygen atoms in total. The molecule has 208 valence electrons. The van der Waals surface area contributed by atoms with E-state index in [4.69, 9.17) is 32.5 Å². The molecule has 1 N–H and O–H groups in total. The number of aromatic carboxylic acids is 1. The fraction of sp³-hybridized carbons (Fsp3) is 0.367. The van der Waals surface area contributed by atoms with Crippen molar-refractivity contribution in [3.63, 3.8) is 0 Å². The molecule has 2 fully saturated rings. The smallest absolute Gasteiger partial charge is 0.354 e. The van der Waals surface area contributed by atoms with Gasteiger partial charge in [-0.2, -0.15) is 5.10 Å². The van der Waals surface area contributed by atoms with Crippen LogP contribution < -0.4 is 4.90 Å². The van der Waals surface area contributed by atoms with Gasteiger partial charge < -0.3 is 19.3 Å². The largest absolute Gasteiger partial charge is 0.477 e. The van der Waals surface area contributed by atoms with Gasteiger partial charge in [-0.1, -0.05) is 40.5 Å². The quantitative estimate of drug-likeness (QED) is 0.237. The summed E-state index contributed by atoms with van der Waals surface area (Å²) in [4.78, 5) is 13.8. The molecular formula is C30H30Cl2N4O4. The predicted molar refractivity (Wildman–Crippen MR) is 154 cm³/mol. The predicted octanol–water partition coefficient (Wildman–Crippen LogP) is 7.12. The molecular weight excluding hydrogens is 551 g/mol. The second-order valence-electron chi connectivity index (χ2n) is 10.6. The molecule has 0 atom stereocenters. The molecule has 0 bridgehead atoms. The number of aryl methyl sites for hydroxylation is 2. The third-order valence-electron chi connectivity index (χ3n) is 7.82. The zero-order valence-electron chi connectivity index (χ0n) is 22.4. The minimum absolute atomic E-state index is 0.121. The second kappa shape index (κ2) is 10.9. The number of anilines is 1. The number of carboxylic acids is 1. The van der Waals surface area contributed by atoms with Crippen LogP contribution in [0.15, 0.2) is 47.0 Å². The van der Waals surface area contributed by atoms with Crippen LogP contribution in [-0.4, -0.2) is 45.2 Å². The summed E-state index contributed by atoms with van der Waals surface area (Å²) in [7, 11) is 1.64. The Morgan fingerprint density at radius 1 is 1.10 bits per heavy atom. The Bertz CT molecular complexity index is 1550. The Morgan fingerprint density at radius 3 is 2.45 bits per heavy atom. The molecule has 0 radical (unpaired) electrons.